The van der Waals surface area contributed by atoms with Crippen LogP contribution < -0.4 is 0 Å². The highest BCUT2D eigenvalue weighted by molar-refractivity contribution is 7.99. The molecule has 1 fully saturated rings. The Labute approximate surface area is 144 Å². The zero-order valence-electron chi connectivity index (χ0n) is 14.3. The van der Waals surface area contributed by atoms with Crippen LogP contribution in [0.15, 0.2) is 39.1 Å². The summed E-state index contributed by atoms with van der Waals surface area (Å²) in [7, 11) is 1.81. The van der Waals surface area contributed by atoms with Crippen molar-refractivity contribution in [1.82, 2.24) is 20.2 Å². The van der Waals surface area contributed by atoms with Crippen molar-refractivity contribution in [2.24, 2.45) is 12.5 Å². The minimum atomic E-state index is -1.29. The minimum Gasteiger partial charge on any atom is -0.381 e. The molecule has 7 heteroatoms. The number of fused-ring (bicyclic) bond motifs is 1. The van der Waals surface area contributed by atoms with Crippen LogP contribution in [0.4, 0.5) is 0 Å². The number of nitrogens with zero attached hydrogens (tertiary/aromatic N) is 4. The molecule has 1 heterocycles. The number of hydrogen-bond donors (Lipinski definition) is 1. The van der Waals surface area contributed by atoms with E-state index in [4.69, 9.17) is 0 Å². The lowest BCUT2D eigenvalue weighted by atomic mass is 9.67. The standard InChI is InChI=1S/C17H20N4O2S/c1-9-7-11-13(12(9)8-24-15-18-19-20-21(15)4)10(2)17(5-6-17)16(3,23)14(11)22/h7,23H,5-6,8H2,1-4H3/t16-/m0/s1. The number of aliphatic hydroxyl groups is 1. The third-order valence-corrected chi connectivity index (χ3v) is 6.83. The second kappa shape index (κ2) is 4.89. The first-order valence-electron chi connectivity index (χ1n) is 8.05. The van der Waals surface area contributed by atoms with Gasteiger partial charge in [0, 0.05) is 23.8 Å². The summed E-state index contributed by atoms with van der Waals surface area (Å²) in [6.45, 7) is 5.78. The Kier molecular flexibility index (Phi) is 3.22. The molecule has 4 rings (SSSR count). The Morgan fingerprint density at radius 2 is 2.08 bits per heavy atom. The van der Waals surface area contributed by atoms with Gasteiger partial charge in [0.05, 0.1) is 0 Å². The predicted molar refractivity (Wildman–Crippen MR) is 90.3 cm³/mol. The molecule has 126 valence electrons. The van der Waals surface area contributed by atoms with Crippen molar-refractivity contribution in [1.29, 1.82) is 0 Å². The molecule has 3 aliphatic carbocycles. The Balaban J connectivity index is 1.72. The summed E-state index contributed by atoms with van der Waals surface area (Å²) < 4.78 is 1.64. The van der Waals surface area contributed by atoms with Crippen LogP contribution in [0.25, 0.3) is 0 Å². The van der Waals surface area contributed by atoms with Crippen LogP contribution in [-0.2, 0) is 11.8 Å². The van der Waals surface area contributed by atoms with Gasteiger partial charge in [0.25, 0.3) is 0 Å². The number of carbonyl (C=O) groups excluding carboxylic acids is 1. The highest BCUT2D eigenvalue weighted by atomic mass is 32.2. The number of thioether (sulfide) groups is 1. The van der Waals surface area contributed by atoms with Crippen molar-refractivity contribution in [3.8, 4) is 0 Å². The van der Waals surface area contributed by atoms with E-state index >= 15 is 0 Å². The monoisotopic (exact) mass is 344 g/mol. The van der Waals surface area contributed by atoms with E-state index < -0.39 is 5.60 Å². The molecule has 0 amide bonds. The van der Waals surface area contributed by atoms with E-state index in [0.717, 1.165) is 40.3 Å². The smallest absolute Gasteiger partial charge is 0.209 e. The molecule has 1 aromatic rings. The molecule has 0 unspecified atom stereocenters. The number of rotatable bonds is 3. The van der Waals surface area contributed by atoms with Crippen LogP contribution in [-0.4, -0.2) is 42.5 Å². The maximum absolute atomic E-state index is 12.9. The zero-order chi connectivity index (χ0) is 17.3. The largest absolute Gasteiger partial charge is 0.381 e. The molecule has 0 radical (unpaired) electrons. The van der Waals surface area contributed by atoms with E-state index in [2.05, 4.69) is 22.4 Å². The number of aromatic nitrogens is 4. The lowest BCUT2D eigenvalue weighted by Gasteiger charge is -2.39. The third-order valence-electron chi connectivity index (χ3n) is 5.80. The fraction of sp³-hybridized carbons (Fsp3) is 0.529. The second-order valence-corrected chi connectivity index (χ2v) is 8.02. The zero-order valence-corrected chi connectivity index (χ0v) is 15.1. The van der Waals surface area contributed by atoms with Crippen LogP contribution in [0.3, 0.4) is 0 Å². The summed E-state index contributed by atoms with van der Waals surface area (Å²) in [6.07, 6.45) is 3.68. The molecule has 6 nitrogen and oxygen atoms in total. The lowest BCUT2D eigenvalue weighted by Crippen LogP contribution is -2.49. The summed E-state index contributed by atoms with van der Waals surface area (Å²) >= 11 is 1.56. The van der Waals surface area contributed by atoms with Crippen LogP contribution in [0.2, 0.25) is 0 Å². The van der Waals surface area contributed by atoms with Gasteiger partial charge in [-0.05, 0) is 66.8 Å². The van der Waals surface area contributed by atoms with E-state index in [1.165, 1.54) is 0 Å². The first-order valence-corrected chi connectivity index (χ1v) is 9.04. The van der Waals surface area contributed by atoms with Gasteiger partial charge in [-0.15, -0.1) is 5.10 Å². The lowest BCUT2D eigenvalue weighted by molar-refractivity contribution is -0.137. The topological polar surface area (TPSA) is 80.9 Å². The molecular weight excluding hydrogens is 324 g/mol. The Hall–Kier alpha value is -1.73. The molecular formula is C17H20N4O2S. The second-order valence-electron chi connectivity index (χ2n) is 7.08. The van der Waals surface area contributed by atoms with Crippen molar-refractivity contribution >= 4 is 17.5 Å². The Morgan fingerprint density at radius 1 is 1.38 bits per heavy atom. The summed E-state index contributed by atoms with van der Waals surface area (Å²) in [6, 6.07) is 0. The van der Waals surface area contributed by atoms with Crippen molar-refractivity contribution in [3.05, 3.63) is 33.9 Å². The predicted octanol–water partition coefficient (Wildman–Crippen LogP) is 1.99. The molecule has 3 aliphatic rings. The van der Waals surface area contributed by atoms with E-state index in [1.807, 2.05) is 20.0 Å². The van der Waals surface area contributed by atoms with E-state index in [0.29, 0.717) is 11.3 Å². The average molecular weight is 344 g/mol. The SMILES string of the molecule is CC1=C(CSc2nnnn2C)C2=C(C)C3(CC3)[C@@](C)(O)C(=O)C2=C1. The molecule has 0 aromatic carbocycles. The van der Waals surface area contributed by atoms with Gasteiger partial charge >= 0.3 is 0 Å². The van der Waals surface area contributed by atoms with Gasteiger partial charge in [-0.1, -0.05) is 17.3 Å². The highest BCUT2D eigenvalue weighted by Gasteiger charge is 2.64. The van der Waals surface area contributed by atoms with Crippen molar-refractivity contribution < 1.29 is 9.90 Å². The average Bonchev–Trinajstić information content (AvgIpc) is 3.16. The Morgan fingerprint density at radius 3 is 2.67 bits per heavy atom. The normalized spacial score (nSPS) is 27.9. The number of ketones is 1. The number of aryl methyl sites for hydroxylation is 1. The van der Waals surface area contributed by atoms with Gasteiger partial charge in [-0.25, -0.2) is 4.68 Å². The van der Waals surface area contributed by atoms with Crippen LogP contribution in [0.5, 0.6) is 0 Å². The first kappa shape index (κ1) is 15.8. The fourth-order valence-electron chi connectivity index (χ4n) is 4.08. The van der Waals surface area contributed by atoms with Gasteiger partial charge in [0.1, 0.15) is 5.60 Å². The van der Waals surface area contributed by atoms with Crippen molar-refractivity contribution in [3.63, 3.8) is 0 Å². The van der Waals surface area contributed by atoms with Gasteiger partial charge in [-0.3, -0.25) is 4.79 Å². The van der Waals surface area contributed by atoms with Crippen LogP contribution in [0, 0.1) is 5.41 Å². The quantitative estimate of drug-likeness (QED) is 0.845. The number of Topliss-reactive ketones (excluding diaryl/α,β-unsaturated/α-hetero) is 1. The molecule has 1 atom stereocenters. The fourth-order valence-corrected chi connectivity index (χ4v) is 5.04. The molecule has 0 aliphatic heterocycles. The molecule has 1 spiro atoms. The molecule has 1 N–H and O–H groups in total. The minimum absolute atomic E-state index is 0.139. The molecule has 1 saturated carbocycles. The summed E-state index contributed by atoms with van der Waals surface area (Å²) in [4.78, 5) is 12.9. The van der Waals surface area contributed by atoms with E-state index in [-0.39, 0.29) is 11.2 Å². The van der Waals surface area contributed by atoms with Crippen LogP contribution >= 0.6 is 11.8 Å². The van der Waals surface area contributed by atoms with E-state index in [9.17, 15) is 9.90 Å². The van der Waals surface area contributed by atoms with Crippen molar-refractivity contribution in [2.45, 2.75) is 44.4 Å². The molecule has 0 bridgehead atoms. The maximum Gasteiger partial charge on any atom is 0.209 e. The number of tetrazole rings is 1. The van der Waals surface area contributed by atoms with E-state index in [1.54, 1.807) is 23.4 Å². The first-order chi connectivity index (χ1) is 11.3. The molecule has 1 aromatic heterocycles. The Bertz CT molecular complexity index is 856. The highest BCUT2D eigenvalue weighted by Crippen LogP contribution is 2.65. The summed E-state index contributed by atoms with van der Waals surface area (Å²) in [5.41, 5.74) is 3.45. The van der Waals surface area contributed by atoms with Crippen molar-refractivity contribution in [2.75, 3.05) is 5.75 Å². The number of allylic oxidation sites excluding steroid dienone is 3. The van der Waals surface area contributed by atoms with Gasteiger partial charge < -0.3 is 5.11 Å². The summed E-state index contributed by atoms with van der Waals surface area (Å²) in [5, 5.41) is 23.1. The van der Waals surface area contributed by atoms with Gasteiger partial charge in [-0.2, -0.15) is 0 Å². The van der Waals surface area contributed by atoms with Crippen LogP contribution in [0.1, 0.15) is 33.6 Å². The van der Waals surface area contributed by atoms with Gasteiger partial charge in [0.15, 0.2) is 5.78 Å². The summed E-state index contributed by atoms with van der Waals surface area (Å²) in [5.74, 6) is 0.568. The molecule has 0 saturated heterocycles. The maximum atomic E-state index is 12.9. The number of carbonyl (C=O) groups is 1. The van der Waals surface area contributed by atoms with Gasteiger partial charge in [0.2, 0.25) is 5.16 Å². The molecule has 24 heavy (non-hydrogen) atoms. The number of hydrogen-bond acceptors (Lipinski definition) is 6. The third kappa shape index (κ3) is 1.88.